The van der Waals surface area contributed by atoms with E-state index in [9.17, 15) is 13.2 Å². The van der Waals surface area contributed by atoms with Crippen molar-refractivity contribution in [2.24, 2.45) is 5.92 Å². The molecule has 1 unspecified atom stereocenters. The first-order valence-corrected chi connectivity index (χ1v) is 8.06. The van der Waals surface area contributed by atoms with Crippen LogP contribution in [-0.4, -0.2) is 46.0 Å². The monoisotopic (exact) mass is 313 g/mol. The fourth-order valence-electron chi connectivity index (χ4n) is 2.47. The summed E-state index contributed by atoms with van der Waals surface area (Å²) < 4.78 is 36.3. The Morgan fingerprint density at radius 2 is 2.05 bits per heavy atom. The van der Waals surface area contributed by atoms with Crippen LogP contribution in [-0.2, 0) is 19.6 Å². The normalized spacial score (nSPS) is 19.5. The maximum atomic E-state index is 12.6. The second-order valence-electron chi connectivity index (χ2n) is 5.00. The van der Waals surface area contributed by atoms with Crippen molar-refractivity contribution in [2.45, 2.75) is 18.2 Å². The molecule has 0 radical (unpaired) electrons. The van der Waals surface area contributed by atoms with Gasteiger partial charge in [0.15, 0.2) is 0 Å². The van der Waals surface area contributed by atoms with Gasteiger partial charge in [-0.2, -0.15) is 4.31 Å². The van der Waals surface area contributed by atoms with Crippen molar-refractivity contribution in [3.8, 4) is 5.75 Å². The molecule has 21 heavy (non-hydrogen) atoms. The van der Waals surface area contributed by atoms with Crippen LogP contribution in [0.5, 0.6) is 5.75 Å². The van der Waals surface area contributed by atoms with Crippen molar-refractivity contribution < 1.29 is 22.7 Å². The van der Waals surface area contributed by atoms with Crippen molar-refractivity contribution in [1.82, 2.24) is 4.31 Å². The highest BCUT2D eigenvalue weighted by molar-refractivity contribution is 7.89. The third-order valence-corrected chi connectivity index (χ3v) is 5.55. The first kappa shape index (κ1) is 15.8. The molecule has 0 amide bonds. The number of benzene rings is 1. The SMILES string of the molecule is COC(=O)C1CCN(S(=O)(=O)c2ccc(OC)c(C)c2)C1. The molecule has 6 nitrogen and oxygen atoms in total. The molecular weight excluding hydrogens is 294 g/mol. The molecule has 1 heterocycles. The van der Waals surface area contributed by atoms with Crippen LogP contribution in [0.4, 0.5) is 0 Å². The van der Waals surface area contributed by atoms with E-state index in [1.54, 1.807) is 19.1 Å². The van der Waals surface area contributed by atoms with Crippen LogP contribution in [0.3, 0.4) is 0 Å². The highest BCUT2D eigenvalue weighted by atomic mass is 32.2. The summed E-state index contributed by atoms with van der Waals surface area (Å²) in [4.78, 5) is 11.7. The number of nitrogens with zero attached hydrogens (tertiary/aromatic N) is 1. The summed E-state index contributed by atoms with van der Waals surface area (Å²) in [5.41, 5.74) is 0.752. The average molecular weight is 313 g/mol. The molecule has 7 heteroatoms. The number of sulfonamides is 1. The highest BCUT2D eigenvalue weighted by Gasteiger charge is 2.36. The highest BCUT2D eigenvalue weighted by Crippen LogP contribution is 2.27. The van der Waals surface area contributed by atoms with Gasteiger partial charge in [-0.05, 0) is 37.1 Å². The van der Waals surface area contributed by atoms with E-state index in [1.807, 2.05) is 0 Å². The molecule has 2 rings (SSSR count). The van der Waals surface area contributed by atoms with Gasteiger partial charge in [0.1, 0.15) is 5.75 Å². The zero-order valence-corrected chi connectivity index (χ0v) is 13.1. The molecule has 0 aliphatic carbocycles. The number of carbonyl (C=O) groups is 1. The molecule has 1 atom stereocenters. The lowest BCUT2D eigenvalue weighted by Gasteiger charge is -2.17. The number of hydrogen-bond donors (Lipinski definition) is 0. The van der Waals surface area contributed by atoms with Crippen LogP contribution in [0, 0.1) is 12.8 Å². The summed E-state index contributed by atoms with van der Waals surface area (Å²) in [6.07, 6.45) is 0.487. The molecule has 1 fully saturated rings. The van der Waals surface area contributed by atoms with Crippen molar-refractivity contribution in [3.05, 3.63) is 23.8 Å². The van der Waals surface area contributed by atoms with Crippen LogP contribution in [0.25, 0.3) is 0 Å². The third kappa shape index (κ3) is 3.03. The standard InChI is InChI=1S/C14H19NO5S/c1-10-8-12(4-5-13(10)19-2)21(17,18)15-7-6-11(9-15)14(16)20-3/h4-5,8,11H,6-7,9H2,1-3H3. The minimum atomic E-state index is -3.59. The number of rotatable bonds is 4. The summed E-state index contributed by atoms with van der Waals surface area (Å²) >= 11 is 0. The van der Waals surface area contributed by atoms with Gasteiger partial charge in [0, 0.05) is 13.1 Å². The Kier molecular flexibility index (Phi) is 4.53. The van der Waals surface area contributed by atoms with E-state index in [0.717, 1.165) is 5.56 Å². The topological polar surface area (TPSA) is 72.9 Å². The Morgan fingerprint density at radius 1 is 1.33 bits per heavy atom. The molecule has 1 aromatic rings. The van der Waals surface area contributed by atoms with Crippen molar-refractivity contribution in [1.29, 1.82) is 0 Å². The van der Waals surface area contributed by atoms with Gasteiger partial charge in [-0.1, -0.05) is 0 Å². The minimum absolute atomic E-state index is 0.167. The van der Waals surface area contributed by atoms with Gasteiger partial charge in [0.2, 0.25) is 10.0 Å². The molecule has 0 spiro atoms. The molecule has 0 N–H and O–H groups in total. The van der Waals surface area contributed by atoms with Gasteiger partial charge < -0.3 is 9.47 Å². The summed E-state index contributed by atoms with van der Waals surface area (Å²) in [5.74, 6) is -0.106. The van der Waals surface area contributed by atoms with Crippen molar-refractivity contribution in [2.75, 3.05) is 27.3 Å². The fourth-order valence-corrected chi connectivity index (χ4v) is 4.05. The largest absolute Gasteiger partial charge is 0.496 e. The lowest BCUT2D eigenvalue weighted by molar-refractivity contribution is -0.144. The minimum Gasteiger partial charge on any atom is -0.496 e. The number of hydrogen-bond acceptors (Lipinski definition) is 5. The smallest absolute Gasteiger partial charge is 0.310 e. The van der Waals surface area contributed by atoms with Gasteiger partial charge in [-0.15, -0.1) is 0 Å². The number of carbonyl (C=O) groups excluding carboxylic acids is 1. The predicted molar refractivity (Wildman–Crippen MR) is 76.6 cm³/mol. The summed E-state index contributed by atoms with van der Waals surface area (Å²) in [5, 5.41) is 0. The third-order valence-electron chi connectivity index (χ3n) is 3.69. The van der Waals surface area contributed by atoms with Crippen LogP contribution in [0.15, 0.2) is 23.1 Å². The second-order valence-corrected chi connectivity index (χ2v) is 6.94. The van der Waals surface area contributed by atoms with Crippen molar-refractivity contribution in [3.63, 3.8) is 0 Å². The maximum absolute atomic E-state index is 12.6. The average Bonchev–Trinajstić information content (AvgIpc) is 2.96. The van der Waals surface area contributed by atoms with Crippen molar-refractivity contribution >= 4 is 16.0 Å². The van der Waals surface area contributed by atoms with E-state index in [-0.39, 0.29) is 23.3 Å². The van der Waals surface area contributed by atoms with Gasteiger partial charge in [-0.25, -0.2) is 8.42 Å². The van der Waals surface area contributed by atoms with Crippen LogP contribution in [0.2, 0.25) is 0 Å². The Hall–Kier alpha value is -1.60. The Labute approximate surface area is 124 Å². The van der Waals surface area contributed by atoms with E-state index in [0.29, 0.717) is 18.7 Å². The lowest BCUT2D eigenvalue weighted by Crippen LogP contribution is -2.30. The Bertz CT molecular complexity index is 641. The molecule has 1 aliphatic heterocycles. The molecule has 0 bridgehead atoms. The zero-order chi connectivity index (χ0) is 15.6. The van der Waals surface area contributed by atoms with Crippen LogP contribution >= 0.6 is 0 Å². The van der Waals surface area contributed by atoms with E-state index >= 15 is 0 Å². The Morgan fingerprint density at radius 3 is 2.62 bits per heavy atom. The van der Waals surface area contributed by atoms with Gasteiger partial charge in [0.25, 0.3) is 0 Å². The predicted octanol–water partition coefficient (Wildman–Crippen LogP) is 1.19. The molecule has 0 aromatic heterocycles. The molecule has 116 valence electrons. The number of aryl methyl sites for hydroxylation is 1. The first-order valence-electron chi connectivity index (χ1n) is 6.62. The number of methoxy groups -OCH3 is 2. The Balaban J connectivity index is 2.23. The molecular formula is C14H19NO5S. The number of esters is 1. The summed E-state index contributed by atoms with van der Waals surface area (Å²) in [6, 6.07) is 4.74. The van der Waals surface area contributed by atoms with Crippen LogP contribution < -0.4 is 4.74 Å². The van der Waals surface area contributed by atoms with E-state index < -0.39 is 10.0 Å². The van der Waals surface area contributed by atoms with E-state index in [1.165, 1.54) is 24.6 Å². The van der Waals surface area contributed by atoms with E-state index in [2.05, 4.69) is 4.74 Å². The molecule has 0 saturated carbocycles. The van der Waals surface area contributed by atoms with Gasteiger partial charge >= 0.3 is 5.97 Å². The molecule has 1 saturated heterocycles. The quantitative estimate of drug-likeness (QED) is 0.781. The maximum Gasteiger partial charge on any atom is 0.310 e. The fraction of sp³-hybridized carbons (Fsp3) is 0.500. The second kappa shape index (κ2) is 6.03. The lowest BCUT2D eigenvalue weighted by atomic mass is 10.1. The molecule has 1 aromatic carbocycles. The van der Waals surface area contributed by atoms with Gasteiger partial charge in [0.05, 0.1) is 25.0 Å². The van der Waals surface area contributed by atoms with Gasteiger partial charge in [-0.3, -0.25) is 4.79 Å². The van der Waals surface area contributed by atoms with E-state index in [4.69, 9.17) is 4.74 Å². The summed E-state index contributed by atoms with van der Waals surface area (Å²) in [6.45, 7) is 2.28. The number of ether oxygens (including phenoxy) is 2. The summed E-state index contributed by atoms with van der Waals surface area (Å²) in [7, 11) is -0.739. The van der Waals surface area contributed by atoms with Crippen LogP contribution in [0.1, 0.15) is 12.0 Å². The zero-order valence-electron chi connectivity index (χ0n) is 12.3. The first-order chi connectivity index (χ1) is 9.90. The molecule has 1 aliphatic rings.